The van der Waals surface area contributed by atoms with Crippen LogP contribution in [0, 0.1) is 0 Å². The van der Waals surface area contributed by atoms with Crippen LogP contribution in [-0.2, 0) is 11.3 Å². The molecule has 98 valence electrons. The molecular formula is C14H20N2O2. The van der Waals surface area contributed by atoms with Crippen LogP contribution >= 0.6 is 0 Å². The van der Waals surface area contributed by atoms with Crippen molar-refractivity contribution in [2.75, 3.05) is 0 Å². The first kappa shape index (κ1) is 12.9. The van der Waals surface area contributed by atoms with Gasteiger partial charge in [-0.3, -0.25) is 0 Å². The highest BCUT2D eigenvalue weighted by Gasteiger charge is 2.21. The zero-order valence-electron chi connectivity index (χ0n) is 10.5. The van der Waals surface area contributed by atoms with Gasteiger partial charge in [-0.2, -0.15) is 0 Å². The fourth-order valence-corrected chi connectivity index (χ4v) is 2.29. The average molecular weight is 248 g/mol. The lowest BCUT2D eigenvalue weighted by Crippen LogP contribution is -2.42. The minimum atomic E-state index is -0.349. The van der Waals surface area contributed by atoms with Gasteiger partial charge in [-0.1, -0.05) is 30.3 Å². The van der Waals surface area contributed by atoms with E-state index >= 15 is 0 Å². The van der Waals surface area contributed by atoms with Crippen molar-refractivity contribution in [3.05, 3.63) is 35.9 Å². The predicted molar refractivity (Wildman–Crippen MR) is 70.0 cm³/mol. The third-order valence-corrected chi connectivity index (χ3v) is 3.25. The largest absolute Gasteiger partial charge is 0.445 e. The molecule has 0 aliphatic heterocycles. The van der Waals surface area contributed by atoms with Gasteiger partial charge >= 0.3 is 6.09 Å². The number of ether oxygens (including phenoxy) is 1. The first-order chi connectivity index (χ1) is 8.74. The van der Waals surface area contributed by atoms with Gasteiger partial charge in [0.1, 0.15) is 6.61 Å². The Balaban J connectivity index is 1.72. The monoisotopic (exact) mass is 248 g/mol. The SMILES string of the molecule is N[C@H]1CCC[C@H](NC(=O)OCc2ccccc2)C1. The number of benzene rings is 1. The zero-order chi connectivity index (χ0) is 12.8. The molecule has 1 aliphatic rings. The maximum absolute atomic E-state index is 11.6. The highest BCUT2D eigenvalue weighted by atomic mass is 16.5. The second-order valence-electron chi connectivity index (χ2n) is 4.83. The molecule has 18 heavy (non-hydrogen) atoms. The summed E-state index contributed by atoms with van der Waals surface area (Å²) >= 11 is 0. The Hall–Kier alpha value is -1.55. The van der Waals surface area contributed by atoms with Gasteiger partial charge in [0, 0.05) is 12.1 Å². The Kier molecular flexibility index (Phi) is 4.59. The molecule has 2 rings (SSSR count). The zero-order valence-corrected chi connectivity index (χ0v) is 10.5. The first-order valence-corrected chi connectivity index (χ1v) is 6.47. The minimum Gasteiger partial charge on any atom is -0.445 e. The van der Waals surface area contributed by atoms with Crippen LogP contribution in [0.15, 0.2) is 30.3 Å². The smallest absolute Gasteiger partial charge is 0.407 e. The number of carbonyl (C=O) groups excluding carboxylic acids is 1. The Morgan fingerprint density at radius 1 is 1.33 bits per heavy atom. The Morgan fingerprint density at radius 2 is 2.11 bits per heavy atom. The standard InChI is InChI=1S/C14H20N2O2/c15-12-7-4-8-13(9-12)16-14(17)18-10-11-5-2-1-3-6-11/h1-3,5-6,12-13H,4,7-10,15H2,(H,16,17)/t12-,13-/m0/s1. The van der Waals surface area contributed by atoms with Gasteiger partial charge in [-0.25, -0.2) is 4.79 Å². The summed E-state index contributed by atoms with van der Waals surface area (Å²) in [7, 11) is 0. The quantitative estimate of drug-likeness (QED) is 0.861. The molecule has 0 unspecified atom stereocenters. The third kappa shape index (κ3) is 4.04. The van der Waals surface area contributed by atoms with E-state index in [4.69, 9.17) is 10.5 Å². The summed E-state index contributed by atoms with van der Waals surface area (Å²) in [6.07, 6.45) is 3.62. The van der Waals surface area contributed by atoms with Crippen molar-refractivity contribution >= 4 is 6.09 Å². The molecule has 1 aliphatic carbocycles. The molecule has 0 bridgehead atoms. The topological polar surface area (TPSA) is 64.3 Å². The molecule has 1 fully saturated rings. The number of carbonyl (C=O) groups is 1. The van der Waals surface area contributed by atoms with E-state index in [1.54, 1.807) is 0 Å². The van der Waals surface area contributed by atoms with Gasteiger partial charge in [0.15, 0.2) is 0 Å². The fraction of sp³-hybridized carbons (Fsp3) is 0.500. The van der Waals surface area contributed by atoms with Crippen LogP contribution in [-0.4, -0.2) is 18.2 Å². The molecule has 0 radical (unpaired) electrons. The summed E-state index contributed by atoms with van der Waals surface area (Å²) in [6, 6.07) is 10.0. The van der Waals surface area contributed by atoms with Crippen LogP contribution in [0.1, 0.15) is 31.2 Å². The molecule has 4 heteroatoms. The van der Waals surface area contributed by atoms with Gasteiger partial charge in [0.2, 0.25) is 0 Å². The number of rotatable bonds is 3. The van der Waals surface area contributed by atoms with E-state index in [0.29, 0.717) is 6.61 Å². The van der Waals surface area contributed by atoms with E-state index < -0.39 is 0 Å². The molecule has 3 N–H and O–H groups in total. The Morgan fingerprint density at radius 3 is 2.83 bits per heavy atom. The lowest BCUT2D eigenvalue weighted by Gasteiger charge is -2.26. The van der Waals surface area contributed by atoms with Crippen molar-refractivity contribution in [1.82, 2.24) is 5.32 Å². The molecule has 1 aromatic carbocycles. The maximum atomic E-state index is 11.6. The van der Waals surface area contributed by atoms with Crippen molar-refractivity contribution in [2.24, 2.45) is 5.73 Å². The number of amides is 1. The summed E-state index contributed by atoms with van der Waals surface area (Å²) in [5, 5.41) is 2.88. The van der Waals surface area contributed by atoms with Crippen molar-refractivity contribution in [1.29, 1.82) is 0 Å². The van der Waals surface area contributed by atoms with E-state index in [1.807, 2.05) is 30.3 Å². The highest BCUT2D eigenvalue weighted by molar-refractivity contribution is 5.67. The summed E-state index contributed by atoms with van der Waals surface area (Å²) in [4.78, 5) is 11.6. The van der Waals surface area contributed by atoms with Gasteiger partial charge in [0.25, 0.3) is 0 Å². The van der Waals surface area contributed by atoms with E-state index in [0.717, 1.165) is 31.2 Å². The fourth-order valence-electron chi connectivity index (χ4n) is 2.29. The minimum absolute atomic E-state index is 0.164. The van der Waals surface area contributed by atoms with Gasteiger partial charge in [-0.15, -0.1) is 0 Å². The summed E-state index contributed by atoms with van der Waals surface area (Å²) in [6.45, 7) is 0.311. The summed E-state index contributed by atoms with van der Waals surface area (Å²) in [5.74, 6) is 0. The molecule has 0 saturated heterocycles. The van der Waals surface area contributed by atoms with Gasteiger partial charge in [-0.05, 0) is 31.2 Å². The average Bonchev–Trinajstić information content (AvgIpc) is 2.38. The van der Waals surface area contributed by atoms with Gasteiger partial charge in [0.05, 0.1) is 0 Å². The molecule has 1 aromatic rings. The van der Waals surface area contributed by atoms with Crippen molar-refractivity contribution in [2.45, 2.75) is 44.4 Å². The molecule has 1 amide bonds. The Labute approximate surface area is 108 Å². The lowest BCUT2D eigenvalue weighted by molar-refractivity contribution is 0.132. The second kappa shape index (κ2) is 6.40. The molecule has 4 nitrogen and oxygen atoms in total. The molecule has 1 saturated carbocycles. The van der Waals surface area contributed by atoms with Crippen LogP contribution in [0.3, 0.4) is 0 Å². The van der Waals surface area contributed by atoms with Gasteiger partial charge < -0.3 is 15.8 Å². The lowest BCUT2D eigenvalue weighted by atomic mass is 9.92. The van der Waals surface area contributed by atoms with E-state index in [1.165, 1.54) is 0 Å². The molecule has 0 spiro atoms. The number of hydrogen-bond acceptors (Lipinski definition) is 3. The summed E-state index contributed by atoms with van der Waals surface area (Å²) in [5.41, 5.74) is 6.87. The normalized spacial score (nSPS) is 23.4. The molecule has 0 aromatic heterocycles. The number of alkyl carbamates (subject to hydrolysis) is 1. The highest BCUT2D eigenvalue weighted by Crippen LogP contribution is 2.17. The maximum Gasteiger partial charge on any atom is 0.407 e. The Bertz CT molecular complexity index is 381. The van der Waals surface area contributed by atoms with Crippen molar-refractivity contribution < 1.29 is 9.53 Å². The molecular weight excluding hydrogens is 228 g/mol. The second-order valence-corrected chi connectivity index (χ2v) is 4.83. The number of nitrogens with two attached hydrogens (primary N) is 1. The van der Waals surface area contributed by atoms with E-state index in [9.17, 15) is 4.79 Å². The molecule has 0 heterocycles. The number of nitrogens with one attached hydrogen (secondary N) is 1. The first-order valence-electron chi connectivity index (χ1n) is 6.47. The summed E-state index contributed by atoms with van der Waals surface area (Å²) < 4.78 is 5.18. The van der Waals surface area contributed by atoms with E-state index in [-0.39, 0.29) is 18.2 Å². The molecule has 2 atom stereocenters. The van der Waals surface area contributed by atoms with Crippen molar-refractivity contribution in [3.8, 4) is 0 Å². The van der Waals surface area contributed by atoms with Crippen LogP contribution in [0.5, 0.6) is 0 Å². The van der Waals surface area contributed by atoms with Crippen molar-refractivity contribution in [3.63, 3.8) is 0 Å². The van der Waals surface area contributed by atoms with Crippen LogP contribution < -0.4 is 11.1 Å². The number of hydrogen-bond donors (Lipinski definition) is 2. The van der Waals surface area contributed by atoms with Crippen LogP contribution in [0.2, 0.25) is 0 Å². The predicted octanol–water partition coefficient (Wildman–Crippen LogP) is 2.18. The van der Waals surface area contributed by atoms with Crippen LogP contribution in [0.25, 0.3) is 0 Å². The van der Waals surface area contributed by atoms with Crippen LogP contribution in [0.4, 0.5) is 4.79 Å². The third-order valence-electron chi connectivity index (χ3n) is 3.25. The van der Waals surface area contributed by atoms with E-state index in [2.05, 4.69) is 5.32 Å².